The monoisotopic (exact) mass is 341 g/mol. The minimum atomic E-state index is -0.526. The molecule has 0 aliphatic rings. The minimum Gasteiger partial charge on any atom is -0.344 e. The second-order valence-electron chi connectivity index (χ2n) is 6.17. The highest BCUT2D eigenvalue weighted by molar-refractivity contribution is 5.94. The lowest BCUT2D eigenvalue weighted by molar-refractivity contribution is 0.0937. The highest BCUT2D eigenvalue weighted by atomic mass is 16.2. The maximum atomic E-state index is 12.4. The molecule has 0 saturated heterocycles. The standard InChI is InChI=1S/C17H19N5O3/c1-8-5-12(16(24)18-10(8)3)17(25)19-11(4)13-7-15(23)22-14(20-13)6-9(2)21-22/h5-7,11,21H,1-4H3,(H,18,24)(H,19,25)/t11-/m0/s1. The molecule has 3 aromatic rings. The lowest BCUT2D eigenvalue weighted by atomic mass is 10.1. The highest BCUT2D eigenvalue weighted by Gasteiger charge is 2.17. The number of hydrogen-bond acceptors (Lipinski definition) is 4. The molecule has 0 unspecified atom stereocenters. The van der Waals surface area contributed by atoms with E-state index in [4.69, 9.17) is 0 Å². The van der Waals surface area contributed by atoms with Gasteiger partial charge in [-0.1, -0.05) is 0 Å². The molecule has 130 valence electrons. The molecule has 8 nitrogen and oxygen atoms in total. The topological polar surface area (TPSA) is 112 Å². The van der Waals surface area contributed by atoms with Gasteiger partial charge in [-0.05, 0) is 39.3 Å². The predicted molar refractivity (Wildman–Crippen MR) is 93.0 cm³/mol. The Hall–Kier alpha value is -3.16. The highest BCUT2D eigenvalue weighted by Crippen LogP contribution is 2.11. The summed E-state index contributed by atoms with van der Waals surface area (Å²) in [5.41, 5.74) is 2.57. The average molecular weight is 341 g/mol. The van der Waals surface area contributed by atoms with Crippen LogP contribution in [0.3, 0.4) is 0 Å². The first-order valence-electron chi connectivity index (χ1n) is 7.87. The van der Waals surface area contributed by atoms with Crippen LogP contribution in [-0.2, 0) is 0 Å². The third kappa shape index (κ3) is 3.10. The summed E-state index contributed by atoms with van der Waals surface area (Å²) >= 11 is 0. The molecule has 0 radical (unpaired) electrons. The largest absolute Gasteiger partial charge is 0.344 e. The van der Waals surface area contributed by atoms with Crippen LogP contribution in [0.1, 0.15) is 46.0 Å². The van der Waals surface area contributed by atoms with Gasteiger partial charge >= 0.3 is 0 Å². The van der Waals surface area contributed by atoms with Crippen molar-refractivity contribution in [3.8, 4) is 0 Å². The van der Waals surface area contributed by atoms with Crippen LogP contribution in [0.2, 0.25) is 0 Å². The number of carbonyl (C=O) groups excluding carboxylic acids is 1. The van der Waals surface area contributed by atoms with Crippen molar-refractivity contribution in [1.82, 2.24) is 24.9 Å². The van der Waals surface area contributed by atoms with Crippen molar-refractivity contribution >= 4 is 11.6 Å². The van der Waals surface area contributed by atoms with Gasteiger partial charge in [0, 0.05) is 23.5 Å². The van der Waals surface area contributed by atoms with E-state index in [0.29, 0.717) is 11.3 Å². The van der Waals surface area contributed by atoms with E-state index in [2.05, 4.69) is 20.4 Å². The summed E-state index contributed by atoms with van der Waals surface area (Å²) in [6.45, 7) is 7.12. The number of amides is 1. The molecule has 8 heteroatoms. The first-order valence-corrected chi connectivity index (χ1v) is 7.87. The molecular weight excluding hydrogens is 322 g/mol. The molecule has 1 amide bonds. The molecule has 0 spiro atoms. The Morgan fingerprint density at radius 1 is 1.20 bits per heavy atom. The third-order valence-corrected chi connectivity index (χ3v) is 4.13. The van der Waals surface area contributed by atoms with Crippen LogP contribution in [0.4, 0.5) is 0 Å². The van der Waals surface area contributed by atoms with Gasteiger partial charge in [0.25, 0.3) is 17.0 Å². The first-order chi connectivity index (χ1) is 11.8. The van der Waals surface area contributed by atoms with Crippen molar-refractivity contribution in [3.05, 3.63) is 67.1 Å². The van der Waals surface area contributed by atoms with Crippen molar-refractivity contribution in [2.75, 3.05) is 0 Å². The lowest BCUT2D eigenvalue weighted by Crippen LogP contribution is -2.33. The molecule has 0 aliphatic carbocycles. The number of nitrogens with one attached hydrogen (secondary N) is 3. The van der Waals surface area contributed by atoms with Crippen molar-refractivity contribution in [1.29, 1.82) is 0 Å². The molecule has 0 saturated carbocycles. The molecule has 1 atom stereocenters. The molecule has 0 aromatic carbocycles. The van der Waals surface area contributed by atoms with E-state index in [1.165, 1.54) is 10.6 Å². The summed E-state index contributed by atoms with van der Waals surface area (Å²) in [6, 6.07) is 4.13. The van der Waals surface area contributed by atoms with E-state index in [1.54, 1.807) is 26.0 Å². The molecule has 3 N–H and O–H groups in total. The van der Waals surface area contributed by atoms with Crippen LogP contribution >= 0.6 is 0 Å². The Morgan fingerprint density at radius 2 is 1.92 bits per heavy atom. The zero-order valence-electron chi connectivity index (χ0n) is 14.4. The summed E-state index contributed by atoms with van der Waals surface area (Å²) in [6.07, 6.45) is 0. The minimum absolute atomic E-state index is 0.0326. The molecule has 3 aromatic heterocycles. The fraction of sp³-hybridized carbons (Fsp3) is 0.294. The maximum absolute atomic E-state index is 12.4. The third-order valence-electron chi connectivity index (χ3n) is 4.13. The number of aromatic amines is 2. The molecule has 0 aliphatic heterocycles. The number of aryl methyl sites for hydroxylation is 3. The molecule has 0 bridgehead atoms. The summed E-state index contributed by atoms with van der Waals surface area (Å²) in [4.78, 5) is 43.6. The molecule has 0 fully saturated rings. The number of rotatable bonds is 3. The van der Waals surface area contributed by atoms with Crippen molar-refractivity contribution in [2.24, 2.45) is 0 Å². The van der Waals surface area contributed by atoms with Gasteiger partial charge in [-0.3, -0.25) is 19.5 Å². The fourth-order valence-electron chi connectivity index (χ4n) is 2.60. The Morgan fingerprint density at radius 3 is 2.64 bits per heavy atom. The number of nitrogens with zero attached hydrogens (tertiary/aromatic N) is 2. The number of hydrogen-bond donors (Lipinski definition) is 3. The summed E-state index contributed by atoms with van der Waals surface area (Å²) in [7, 11) is 0. The first kappa shape index (κ1) is 16.7. The van der Waals surface area contributed by atoms with E-state index in [9.17, 15) is 14.4 Å². The van der Waals surface area contributed by atoms with Gasteiger partial charge in [-0.2, -0.15) is 0 Å². The second kappa shape index (κ2) is 6.04. The lowest BCUT2D eigenvalue weighted by Gasteiger charge is -2.13. The van der Waals surface area contributed by atoms with Gasteiger partial charge in [0.2, 0.25) is 0 Å². The number of carbonyl (C=O) groups is 1. The molecule has 3 rings (SSSR count). The normalized spacial score (nSPS) is 12.3. The van der Waals surface area contributed by atoms with E-state index < -0.39 is 17.5 Å². The van der Waals surface area contributed by atoms with Crippen LogP contribution in [0.15, 0.2) is 27.8 Å². The van der Waals surface area contributed by atoms with Crippen LogP contribution in [0.5, 0.6) is 0 Å². The Bertz CT molecular complexity index is 1090. The van der Waals surface area contributed by atoms with E-state index in [-0.39, 0.29) is 11.1 Å². The number of pyridine rings is 1. The SMILES string of the molecule is Cc1cc2nc([C@H](C)NC(=O)c3cc(C)c(C)[nH]c3=O)cc(=O)n2[nH]1. The predicted octanol–water partition coefficient (Wildman–Crippen LogP) is 1.13. The smallest absolute Gasteiger partial charge is 0.272 e. The van der Waals surface area contributed by atoms with Crippen LogP contribution in [0.25, 0.3) is 5.65 Å². The summed E-state index contributed by atoms with van der Waals surface area (Å²) in [5.74, 6) is -0.510. The molecular formula is C17H19N5O3. The Labute approximate surface area is 142 Å². The maximum Gasteiger partial charge on any atom is 0.272 e. The number of aromatic nitrogens is 4. The van der Waals surface area contributed by atoms with E-state index in [1.807, 2.05) is 13.8 Å². The number of fused-ring (bicyclic) bond motifs is 1. The average Bonchev–Trinajstić information content (AvgIpc) is 2.91. The molecule has 25 heavy (non-hydrogen) atoms. The van der Waals surface area contributed by atoms with Crippen LogP contribution < -0.4 is 16.4 Å². The number of H-pyrrole nitrogens is 2. The summed E-state index contributed by atoms with van der Waals surface area (Å²) < 4.78 is 1.33. The Balaban J connectivity index is 1.91. The molecule has 3 heterocycles. The second-order valence-corrected chi connectivity index (χ2v) is 6.17. The van der Waals surface area contributed by atoms with E-state index >= 15 is 0 Å². The van der Waals surface area contributed by atoms with Gasteiger partial charge in [0.15, 0.2) is 5.65 Å². The Kier molecular flexibility index (Phi) is 4.03. The fourth-order valence-corrected chi connectivity index (χ4v) is 2.60. The van der Waals surface area contributed by atoms with Gasteiger partial charge in [-0.15, -0.1) is 0 Å². The van der Waals surface area contributed by atoms with Gasteiger partial charge in [0.1, 0.15) is 5.56 Å². The van der Waals surface area contributed by atoms with Gasteiger partial charge < -0.3 is 10.3 Å². The van der Waals surface area contributed by atoms with E-state index in [0.717, 1.165) is 17.0 Å². The van der Waals surface area contributed by atoms with Crippen molar-refractivity contribution < 1.29 is 4.79 Å². The quantitative estimate of drug-likeness (QED) is 0.663. The zero-order valence-corrected chi connectivity index (χ0v) is 14.4. The van der Waals surface area contributed by atoms with Gasteiger partial charge in [0.05, 0.1) is 11.7 Å². The van der Waals surface area contributed by atoms with Crippen molar-refractivity contribution in [2.45, 2.75) is 33.7 Å². The zero-order chi connectivity index (χ0) is 18.3. The summed E-state index contributed by atoms with van der Waals surface area (Å²) in [5, 5.41) is 5.61. The van der Waals surface area contributed by atoms with Crippen LogP contribution in [-0.4, -0.2) is 25.5 Å². The van der Waals surface area contributed by atoms with Gasteiger partial charge in [-0.25, -0.2) is 9.50 Å². The van der Waals surface area contributed by atoms with Crippen LogP contribution in [0, 0.1) is 20.8 Å². The van der Waals surface area contributed by atoms with Crippen molar-refractivity contribution in [3.63, 3.8) is 0 Å².